The Hall–Kier alpha value is -3.93. The van der Waals surface area contributed by atoms with E-state index in [-0.39, 0.29) is 23.7 Å². The second-order valence-electron chi connectivity index (χ2n) is 9.35. The topological polar surface area (TPSA) is 71.3 Å². The van der Waals surface area contributed by atoms with Gasteiger partial charge in [0.1, 0.15) is 17.2 Å². The minimum atomic E-state index is -0.360. The summed E-state index contributed by atoms with van der Waals surface area (Å²) in [5, 5.41) is 6.54. The highest BCUT2D eigenvalue weighted by Gasteiger charge is 2.22. The second kappa shape index (κ2) is 10.4. The number of benzene rings is 3. The molecule has 1 aromatic heterocycles. The number of furan rings is 1. The summed E-state index contributed by atoms with van der Waals surface area (Å²) in [6, 6.07) is 19.3. The average molecular weight is 485 g/mol. The van der Waals surface area contributed by atoms with Crippen LogP contribution in [-0.2, 0) is 0 Å². The van der Waals surface area contributed by atoms with Crippen LogP contribution in [0.1, 0.15) is 59.2 Å². The highest BCUT2D eigenvalue weighted by Crippen LogP contribution is 2.36. The Bertz CT molecular complexity index is 1400. The quantitative estimate of drug-likeness (QED) is 0.309. The molecule has 1 saturated carbocycles. The first-order chi connectivity index (χ1) is 17.5. The van der Waals surface area contributed by atoms with Crippen LogP contribution >= 0.6 is 0 Å². The van der Waals surface area contributed by atoms with Gasteiger partial charge in [0.25, 0.3) is 11.8 Å². The summed E-state index contributed by atoms with van der Waals surface area (Å²) >= 11 is 0. The molecule has 0 saturated heterocycles. The lowest BCUT2D eigenvalue weighted by Crippen LogP contribution is -2.34. The highest BCUT2D eigenvalue weighted by atomic mass is 19.1. The Kier molecular flexibility index (Phi) is 6.85. The Labute approximate surface area is 209 Å². The molecule has 5 rings (SSSR count). The van der Waals surface area contributed by atoms with Crippen molar-refractivity contribution in [1.82, 2.24) is 10.6 Å². The molecule has 6 heteroatoms. The third kappa shape index (κ3) is 4.89. The molecule has 0 aliphatic heterocycles. The van der Waals surface area contributed by atoms with Gasteiger partial charge >= 0.3 is 0 Å². The van der Waals surface area contributed by atoms with Crippen LogP contribution in [0, 0.1) is 5.82 Å². The Balaban J connectivity index is 1.50. The molecule has 184 valence electrons. The lowest BCUT2D eigenvalue weighted by Gasteiger charge is -2.16. The van der Waals surface area contributed by atoms with Gasteiger partial charge in [0.05, 0.1) is 5.56 Å². The van der Waals surface area contributed by atoms with E-state index in [2.05, 4.69) is 10.6 Å². The molecule has 2 amide bonds. The van der Waals surface area contributed by atoms with Gasteiger partial charge in [0, 0.05) is 29.6 Å². The zero-order chi connectivity index (χ0) is 25.1. The smallest absolute Gasteiger partial charge is 0.255 e. The van der Waals surface area contributed by atoms with Gasteiger partial charge in [0.2, 0.25) is 0 Å². The van der Waals surface area contributed by atoms with Gasteiger partial charge in [-0.15, -0.1) is 0 Å². The summed E-state index contributed by atoms with van der Waals surface area (Å²) in [5.74, 6) is -0.320. The van der Waals surface area contributed by atoms with Crippen molar-refractivity contribution in [3.63, 3.8) is 0 Å². The van der Waals surface area contributed by atoms with Gasteiger partial charge in [-0.05, 0) is 72.5 Å². The lowest BCUT2D eigenvalue weighted by atomic mass is 9.98. The van der Waals surface area contributed by atoms with Gasteiger partial charge in [-0.2, -0.15) is 0 Å². The van der Waals surface area contributed by atoms with Crippen molar-refractivity contribution >= 4 is 22.8 Å². The summed E-state index contributed by atoms with van der Waals surface area (Å²) in [6.45, 7) is 0. The van der Waals surface area contributed by atoms with Gasteiger partial charge in [0.15, 0.2) is 0 Å². The van der Waals surface area contributed by atoms with E-state index in [4.69, 9.17) is 4.42 Å². The van der Waals surface area contributed by atoms with E-state index in [1.165, 1.54) is 25.0 Å². The van der Waals surface area contributed by atoms with Gasteiger partial charge in [-0.1, -0.05) is 43.9 Å². The predicted octanol–water partition coefficient (Wildman–Crippen LogP) is 6.72. The van der Waals surface area contributed by atoms with Crippen molar-refractivity contribution < 1.29 is 18.4 Å². The van der Waals surface area contributed by atoms with E-state index in [0.29, 0.717) is 33.4 Å². The first kappa shape index (κ1) is 23.8. The molecule has 1 aliphatic carbocycles. The number of amides is 2. The first-order valence-corrected chi connectivity index (χ1v) is 12.5. The molecule has 0 bridgehead atoms. The number of rotatable bonds is 5. The minimum absolute atomic E-state index is 0.0576. The molecule has 1 fully saturated rings. The first-order valence-electron chi connectivity index (χ1n) is 12.5. The maximum absolute atomic E-state index is 13.5. The third-order valence-electron chi connectivity index (χ3n) is 6.90. The molecule has 1 aliphatic rings. The monoisotopic (exact) mass is 484 g/mol. The SMILES string of the molecule is CNC(=O)c1c(-c2ccc(F)cc2)oc2ccc(-c3cccc(C(=O)NC4CCCCCC4)c3)cc12. The fourth-order valence-corrected chi connectivity index (χ4v) is 4.96. The Morgan fingerprint density at radius 2 is 1.53 bits per heavy atom. The summed E-state index contributed by atoms with van der Waals surface area (Å²) in [5.41, 5.74) is 3.91. The van der Waals surface area contributed by atoms with Crippen LogP contribution in [-0.4, -0.2) is 24.9 Å². The van der Waals surface area contributed by atoms with E-state index >= 15 is 0 Å². The molecular weight excluding hydrogens is 455 g/mol. The number of carbonyl (C=O) groups excluding carboxylic acids is 2. The molecule has 2 N–H and O–H groups in total. The summed E-state index contributed by atoms with van der Waals surface area (Å²) < 4.78 is 19.5. The van der Waals surface area contributed by atoms with E-state index in [1.54, 1.807) is 19.2 Å². The number of fused-ring (bicyclic) bond motifs is 1. The molecule has 1 heterocycles. The third-order valence-corrected chi connectivity index (χ3v) is 6.90. The van der Waals surface area contributed by atoms with Gasteiger partial charge in [-0.25, -0.2) is 4.39 Å². The Morgan fingerprint density at radius 3 is 2.25 bits per heavy atom. The van der Waals surface area contributed by atoms with Crippen molar-refractivity contribution in [1.29, 1.82) is 0 Å². The van der Waals surface area contributed by atoms with E-state index in [9.17, 15) is 14.0 Å². The summed E-state index contributed by atoms with van der Waals surface area (Å²) in [4.78, 5) is 25.8. The van der Waals surface area contributed by atoms with Crippen molar-refractivity contribution in [2.24, 2.45) is 0 Å². The fourth-order valence-electron chi connectivity index (χ4n) is 4.96. The number of carbonyl (C=O) groups is 2. The largest absolute Gasteiger partial charge is 0.455 e. The minimum Gasteiger partial charge on any atom is -0.455 e. The number of hydrogen-bond donors (Lipinski definition) is 2. The summed E-state index contributed by atoms with van der Waals surface area (Å²) in [6.07, 6.45) is 6.84. The molecule has 3 aromatic carbocycles. The van der Waals surface area contributed by atoms with Crippen LogP contribution in [0.4, 0.5) is 4.39 Å². The second-order valence-corrected chi connectivity index (χ2v) is 9.35. The van der Waals surface area contributed by atoms with Crippen molar-refractivity contribution in [3.8, 4) is 22.5 Å². The average Bonchev–Trinajstić information content (AvgIpc) is 3.09. The molecule has 5 nitrogen and oxygen atoms in total. The van der Waals surface area contributed by atoms with Crippen LogP contribution in [0.25, 0.3) is 33.4 Å². The van der Waals surface area contributed by atoms with E-state index in [0.717, 1.165) is 36.8 Å². The highest BCUT2D eigenvalue weighted by molar-refractivity contribution is 6.11. The van der Waals surface area contributed by atoms with Crippen LogP contribution in [0.2, 0.25) is 0 Å². The zero-order valence-electron chi connectivity index (χ0n) is 20.3. The molecular formula is C30H29FN2O3. The maximum atomic E-state index is 13.5. The number of nitrogens with one attached hydrogen (secondary N) is 2. The molecule has 0 unspecified atom stereocenters. The molecule has 0 spiro atoms. The molecule has 0 atom stereocenters. The van der Waals surface area contributed by atoms with E-state index in [1.807, 2.05) is 42.5 Å². The Morgan fingerprint density at radius 1 is 0.833 bits per heavy atom. The molecule has 36 heavy (non-hydrogen) atoms. The van der Waals surface area contributed by atoms with Crippen molar-refractivity contribution in [2.75, 3.05) is 7.05 Å². The van der Waals surface area contributed by atoms with Crippen molar-refractivity contribution in [3.05, 3.63) is 83.7 Å². The van der Waals surface area contributed by atoms with Gasteiger partial charge < -0.3 is 15.1 Å². The van der Waals surface area contributed by atoms with Gasteiger partial charge in [-0.3, -0.25) is 9.59 Å². The number of halogens is 1. The van der Waals surface area contributed by atoms with Crippen LogP contribution in [0.15, 0.2) is 71.1 Å². The van der Waals surface area contributed by atoms with Crippen LogP contribution < -0.4 is 10.6 Å². The standard InChI is InChI=1S/C30H29FN2O3/c1-32-30(35)27-25-18-21(13-16-26(25)36-28(27)19-11-14-23(31)15-12-19)20-7-6-8-22(17-20)29(34)33-24-9-4-2-3-5-10-24/h6-8,11-18,24H,2-5,9-10H2,1H3,(H,32,35)(H,33,34). The zero-order valence-corrected chi connectivity index (χ0v) is 20.3. The van der Waals surface area contributed by atoms with E-state index < -0.39 is 0 Å². The summed E-state index contributed by atoms with van der Waals surface area (Å²) in [7, 11) is 1.57. The maximum Gasteiger partial charge on any atom is 0.255 e. The van der Waals surface area contributed by atoms with Crippen molar-refractivity contribution in [2.45, 2.75) is 44.6 Å². The van der Waals surface area contributed by atoms with Crippen LogP contribution in [0.3, 0.4) is 0 Å². The van der Waals surface area contributed by atoms with Crippen LogP contribution in [0.5, 0.6) is 0 Å². The normalized spacial score (nSPS) is 14.4. The molecule has 4 aromatic rings. The fraction of sp³-hybridized carbons (Fsp3) is 0.267. The molecule has 0 radical (unpaired) electrons. The lowest BCUT2D eigenvalue weighted by molar-refractivity contribution is 0.0931. The predicted molar refractivity (Wildman–Crippen MR) is 139 cm³/mol. The number of hydrogen-bond acceptors (Lipinski definition) is 3.